The summed E-state index contributed by atoms with van der Waals surface area (Å²) < 4.78 is 15.7. The van der Waals surface area contributed by atoms with Crippen molar-refractivity contribution in [3.63, 3.8) is 0 Å². The summed E-state index contributed by atoms with van der Waals surface area (Å²) in [5, 5.41) is 16.4. The van der Waals surface area contributed by atoms with Crippen molar-refractivity contribution in [1.29, 1.82) is 0 Å². The predicted octanol–water partition coefficient (Wildman–Crippen LogP) is 2.41. The van der Waals surface area contributed by atoms with Crippen LogP contribution < -0.4 is 21.3 Å². The van der Waals surface area contributed by atoms with Crippen molar-refractivity contribution in [2.24, 2.45) is 5.41 Å². The highest BCUT2D eigenvalue weighted by molar-refractivity contribution is 6.06. The number of carbonyl (C=O) groups excluding carboxylic acids is 3. The predicted molar refractivity (Wildman–Crippen MR) is 135 cm³/mol. The van der Waals surface area contributed by atoms with Gasteiger partial charge in [-0.25, -0.2) is 4.39 Å². The number of hydrogen-bond acceptors (Lipinski definition) is 5. The summed E-state index contributed by atoms with van der Waals surface area (Å²) in [6.45, 7) is 6.22. The molecule has 36 heavy (non-hydrogen) atoms. The maximum Gasteiger partial charge on any atom is 0.273 e. The van der Waals surface area contributed by atoms with Gasteiger partial charge in [0.05, 0.1) is 18.1 Å². The maximum absolute atomic E-state index is 14.1. The average molecular weight is 495 g/mol. The van der Waals surface area contributed by atoms with E-state index in [0.717, 1.165) is 11.3 Å². The Labute approximate surface area is 208 Å². The molecule has 1 saturated heterocycles. The van der Waals surface area contributed by atoms with E-state index in [1.807, 2.05) is 52.1 Å². The van der Waals surface area contributed by atoms with Crippen molar-refractivity contribution >= 4 is 34.3 Å². The molecule has 2 aromatic carbocycles. The molecule has 3 amide bonds. The molecule has 4 N–H and O–H groups in total. The van der Waals surface area contributed by atoms with Crippen LogP contribution >= 0.6 is 0 Å². The van der Waals surface area contributed by atoms with Gasteiger partial charge < -0.3 is 21.3 Å². The summed E-state index contributed by atoms with van der Waals surface area (Å²) >= 11 is 0. The Morgan fingerprint density at radius 3 is 2.53 bits per heavy atom. The average Bonchev–Trinajstić information content (AvgIpc) is 3.39. The zero-order valence-corrected chi connectivity index (χ0v) is 20.8. The molecule has 0 saturated carbocycles. The van der Waals surface area contributed by atoms with Gasteiger partial charge in [0.1, 0.15) is 11.9 Å². The van der Waals surface area contributed by atoms with Crippen LogP contribution in [0.4, 0.5) is 10.1 Å². The molecule has 2 heterocycles. The normalized spacial score (nSPS) is 16.5. The number of hydrogen-bond donors (Lipinski definition) is 4. The fourth-order valence-corrected chi connectivity index (χ4v) is 4.25. The highest BCUT2D eigenvalue weighted by Gasteiger charge is 2.36. The number of amides is 3. The van der Waals surface area contributed by atoms with Crippen LogP contribution in [0, 0.1) is 11.2 Å². The molecule has 0 spiro atoms. The van der Waals surface area contributed by atoms with Crippen molar-refractivity contribution in [3.8, 4) is 0 Å². The first-order chi connectivity index (χ1) is 17.0. The van der Waals surface area contributed by atoms with E-state index in [-0.39, 0.29) is 30.0 Å². The Morgan fingerprint density at radius 1 is 1.19 bits per heavy atom. The Balaban J connectivity index is 1.61. The summed E-state index contributed by atoms with van der Waals surface area (Å²) in [6, 6.07) is 10.7. The number of anilines is 1. The highest BCUT2D eigenvalue weighted by Crippen LogP contribution is 2.24. The second-order valence-corrected chi connectivity index (χ2v) is 10.1. The van der Waals surface area contributed by atoms with Gasteiger partial charge in [0, 0.05) is 31.1 Å². The van der Waals surface area contributed by atoms with Crippen molar-refractivity contribution in [2.45, 2.75) is 45.8 Å². The van der Waals surface area contributed by atoms with E-state index in [0.29, 0.717) is 24.0 Å². The molecule has 0 aliphatic carbocycles. The Kier molecular flexibility index (Phi) is 6.96. The second-order valence-electron chi connectivity index (χ2n) is 10.1. The molecule has 1 fully saturated rings. The lowest BCUT2D eigenvalue weighted by Crippen LogP contribution is -2.55. The molecule has 0 radical (unpaired) electrons. The minimum Gasteiger partial charge on any atom is -0.388 e. The van der Waals surface area contributed by atoms with Crippen LogP contribution in [0.1, 0.15) is 43.2 Å². The van der Waals surface area contributed by atoms with E-state index in [1.54, 1.807) is 4.68 Å². The number of aromatic nitrogens is 2. The molecular weight excluding hydrogens is 463 g/mol. The fraction of sp³-hybridized carbons (Fsp3) is 0.385. The van der Waals surface area contributed by atoms with E-state index in [1.165, 1.54) is 18.2 Å². The van der Waals surface area contributed by atoms with Crippen LogP contribution in [0.5, 0.6) is 0 Å². The zero-order valence-electron chi connectivity index (χ0n) is 20.8. The smallest absolute Gasteiger partial charge is 0.273 e. The summed E-state index contributed by atoms with van der Waals surface area (Å²) in [5.41, 5.74) is 1.86. The number of nitrogens with zero attached hydrogens (tertiary/aromatic N) is 2. The van der Waals surface area contributed by atoms with Crippen molar-refractivity contribution in [1.82, 2.24) is 25.7 Å². The molecule has 10 heteroatoms. The number of nitrogens with one attached hydrogen (secondary N) is 4. The van der Waals surface area contributed by atoms with Gasteiger partial charge in [-0.2, -0.15) is 5.10 Å². The molecule has 190 valence electrons. The Hall–Kier alpha value is -3.95. The molecule has 1 aliphatic heterocycles. The number of rotatable bonds is 7. The van der Waals surface area contributed by atoms with Gasteiger partial charge in [0.25, 0.3) is 5.91 Å². The Bertz CT molecular complexity index is 1300. The van der Waals surface area contributed by atoms with E-state index < -0.39 is 23.2 Å². The van der Waals surface area contributed by atoms with Crippen LogP contribution in [0.25, 0.3) is 10.9 Å². The lowest BCUT2D eigenvalue weighted by atomic mass is 9.85. The van der Waals surface area contributed by atoms with E-state index in [9.17, 15) is 18.8 Å². The van der Waals surface area contributed by atoms with Crippen LogP contribution in [0.3, 0.4) is 0 Å². The van der Waals surface area contributed by atoms with Crippen LogP contribution in [-0.2, 0) is 16.1 Å². The topological polar surface area (TPSA) is 117 Å². The van der Waals surface area contributed by atoms with Crippen LogP contribution in [0.2, 0.25) is 0 Å². The summed E-state index contributed by atoms with van der Waals surface area (Å²) in [6.07, 6.45) is 0.201. The van der Waals surface area contributed by atoms with Crippen molar-refractivity contribution < 1.29 is 18.8 Å². The van der Waals surface area contributed by atoms with E-state index in [2.05, 4.69) is 26.4 Å². The first kappa shape index (κ1) is 25.2. The molecule has 2 atom stereocenters. The summed E-state index contributed by atoms with van der Waals surface area (Å²) in [5.74, 6) is -1.47. The van der Waals surface area contributed by atoms with Gasteiger partial charge in [0.2, 0.25) is 11.8 Å². The summed E-state index contributed by atoms with van der Waals surface area (Å²) in [7, 11) is 1.83. The molecule has 1 aliphatic rings. The van der Waals surface area contributed by atoms with Crippen LogP contribution in [0.15, 0.2) is 42.5 Å². The van der Waals surface area contributed by atoms with Crippen molar-refractivity contribution in [2.75, 3.05) is 18.9 Å². The standard InChI is InChI=1S/C26H31FN6O3/c1-26(2,3)23(25(36)30-18-12-21(34)29-13-18)31-24(35)22-19-10-7-16(27)11-20(19)33(32-22)14-15-5-8-17(28-4)9-6-15/h5-11,18,23,28H,12-14H2,1-4H3,(H,29,34)(H,30,36)(H,31,35)/t18-,23+/m0/s1. The number of carbonyl (C=O) groups is 3. The summed E-state index contributed by atoms with van der Waals surface area (Å²) in [4.78, 5) is 38.0. The molecule has 0 bridgehead atoms. The molecule has 0 unspecified atom stereocenters. The van der Waals surface area contributed by atoms with Gasteiger partial charge in [-0.15, -0.1) is 0 Å². The van der Waals surface area contributed by atoms with Gasteiger partial charge >= 0.3 is 0 Å². The van der Waals surface area contributed by atoms with Crippen molar-refractivity contribution in [3.05, 3.63) is 59.5 Å². The van der Waals surface area contributed by atoms with Gasteiger partial charge in [-0.05, 0) is 41.3 Å². The zero-order chi connectivity index (χ0) is 26.0. The van der Waals surface area contributed by atoms with Gasteiger partial charge in [0.15, 0.2) is 5.69 Å². The molecule has 4 rings (SSSR count). The highest BCUT2D eigenvalue weighted by atomic mass is 19.1. The number of benzene rings is 2. The first-order valence-electron chi connectivity index (χ1n) is 11.9. The van der Waals surface area contributed by atoms with Crippen LogP contribution in [-0.4, -0.2) is 53.2 Å². The molecular formula is C26H31FN6O3. The quantitative estimate of drug-likeness (QED) is 0.403. The lowest BCUT2D eigenvalue weighted by Gasteiger charge is -2.31. The van der Waals surface area contributed by atoms with E-state index >= 15 is 0 Å². The minimum atomic E-state index is -0.879. The Morgan fingerprint density at radius 2 is 1.92 bits per heavy atom. The monoisotopic (exact) mass is 494 g/mol. The van der Waals surface area contributed by atoms with E-state index in [4.69, 9.17) is 0 Å². The van der Waals surface area contributed by atoms with Gasteiger partial charge in [-0.3, -0.25) is 19.1 Å². The minimum absolute atomic E-state index is 0.108. The third-order valence-electron chi connectivity index (χ3n) is 6.23. The lowest BCUT2D eigenvalue weighted by molar-refractivity contribution is -0.126. The maximum atomic E-state index is 14.1. The number of fused-ring (bicyclic) bond motifs is 1. The molecule has 1 aromatic heterocycles. The largest absolute Gasteiger partial charge is 0.388 e. The van der Waals surface area contributed by atoms with Gasteiger partial charge in [-0.1, -0.05) is 32.9 Å². The third kappa shape index (κ3) is 5.48. The SMILES string of the molecule is CNc1ccc(Cn2nc(C(=O)N[C@H](C(=O)N[C@@H]3CNC(=O)C3)C(C)(C)C)c3ccc(F)cc32)cc1. The molecule has 9 nitrogen and oxygen atoms in total. The number of halogens is 1. The fourth-order valence-electron chi connectivity index (χ4n) is 4.25. The third-order valence-corrected chi connectivity index (χ3v) is 6.23. The molecule has 3 aromatic rings. The first-order valence-corrected chi connectivity index (χ1v) is 11.9. The second kappa shape index (κ2) is 9.96.